The molecule has 0 spiro atoms. The van der Waals surface area contributed by atoms with Crippen molar-refractivity contribution in [3.05, 3.63) is 65.1 Å². The van der Waals surface area contributed by atoms with Crippen molar-refractivity contribution in [1.82, 2.24) is 24.4 Å². The van der Waals surface area contributed by atoms with Crippen molar-refractivity contribution in [2.45, 2.75) is 45.8 Å². The molecule has 0 amide bonds. The first-order valence-electron chi connectivity index (χ1n) is 10.6. The van der Waals surface area contributed by atoms with Gasteiger partial charge in [-0.2, -0.15) is 0 Å². The Bertz CT molecular complexity index is 1160. The van der Waals surface area contributed by atoms with Crippen molar-refractivity contribution in [3.8, 4) is 0 Å². The molecule has 0 saturated carbocycles. The SMILES string of the molecule is CCn1c(CN2CCC[C@H]2c2cccc(Nc3ncc(C)s3)n2)nc2ccccc21. The lowest BCUT2D eigenvalue weighted by Crippen LogP contribution is -2.25. The van der Waals surface area contributed by atoms with Gasteiger partial charge >= 0.3 is 0 Å². The van der Waals surface area contributed by atoms with Gasteiger partial charge < -0.3 is 9.88 Å². The highest BCUT2D eigenvalue weighted by molar-refractivity contribution is 7.15. The maximum atomic E-state index is 4.93. The standard InChI is InChI=1S/C23H26N6S/c1-3-29-20-10-5-4-8-18(20)26-22(29)15-28-13-7-11-19(28)17-9-6-12-21(25-17)27-23-24-14-16(2)30-23/h4-6,8-10,12,14,19H,3,7,11,13,15H2,1-2H3,(H,24,25,27)/t19-/m0/s1. The Morgan fingerprint density at radius 1 is 1.13 bits per heavy atom. The van der Waals surface area contributed by atoms with E-state index in [0.717, 1.165) is 54.0 Å². The monoisotopic (exact) mass is 418 g/mol. The number of fused-ring (bicyclic) bond motifs is 1. The summed E-state index contributed by atoms with van der Waals surface area (Å²) in [6, 6.07) is 15.0. The van der Waals surface area contributed by atoms with Crippen LogP contribution in [0.2, 0.25) is 0 Å². The van der Waals surface area contributed by atoms with Crippen LogP contribution < -0.4 is 5.32 Å². The molecule has 6 nitrogen and oxygen atoms in total. The molecule has 0 bridgehead atoms. The molecule has 3 aromatic heterocycles. The van der Waals surface area contributed by atoms with Crippen LogP contribution >= 0.6 is 11.3 Å². The maximum absolute atomic E-state index is 4.93. The van der Waals surface area contributed by atoms with E-state index in [0.29, 0.717) is 6.04 Å². The fraction of sp³-hybridized carbons (Fsp3) is 0.348. The molecule has 154 valence electrons. The molecule has 4 aromatic rings. The summed E-state index contributed by atoms with van der Waals surface area (Å²) < 4.78 is 2.33. The summed E-state index contributed by atoms with van der Waals surface area (Å²) >= 11 is 1.65. The van der Waals surface area contributed by atoms with Gasteiger partial charge in [0.2, 0.25) is 0 Å². The van der Waals surface area contributed by atoms with E-state index in [-0.39, 0.29) is 0 Å². The summed E-state index contributed by atoms with van der Waals surface area (Å²) in [5, 5.41) is 4.24. The summed E-state index contributed by atoms with van der Waals surface area (Å²) in [7, 11) is 0. The van der Waals surface area contributed by atoms with Crippen molar-refractivity contribution < 1.29 is 0 Å². The van der Waals surface area contributed by atoms with Crippen LogP contribution in [0.25, 0.3) is 11.0 Å². The predicted octanol–water partition coefficient (Wildman–Crippen LogP) is 5.30. The molecule has 7 heteroatoms. The summed E-state index contributed by atoms with van der Waals surface area (Å²) in [5.41, 5.74) is 3.41. The average molecular weight is 419 g/mol. The molecule has 0 unspecified atom stereocenters. The fourth-order valence-corrected chi connectivity index (χ4v) is 5.03. The molecule has 4 heterocycles. The second-order valence-electron chi connectivity index (χ2n) is 7.74. The van der Waals surface area contributed by atoms with E-state index in [1.165, 1.54) is 16.8 Å². The van der Waals surface area contributed by atoms with Gasteiger partial charge in [-0.1, -0.05) is 18.2 Å². The summed E-state index contributed by atoms with van der Waals surface area (Å²) in [6.45, 7) is 7.10. The number of hydrogen-bond donors (Lipinski definition) is 1. The lowest BCUT2D eigenvalue weighted by molar-refractivity contribution is 0.235. The number of aryl methyl sites for hydroxylation is 2. The third-order valence-corrected chi connectivity index (χ3v) is 6.55. The van der Waals surface area contributed by atoms with E-state index >= 15 is 0 Å². The number of pyridine rings is 1. The zero-order chi connectivity index (χ0) is 20.5. The van der Waals surface area contributed by atoms with Crippen molar-refractivity contribution in [2.24, 2.45) is 0 Å². The minimum atomic E-state index is 0.315. The van der Waals surface area contributed by atoms with Gasteiger partial charge in [0.15, 0.2) is 5.13 Å². The highest BCUT2D eigenvalue weighted by Crippen LogP contribution is 2.33. The molecule has 1 aromatic carbocycles. The van der Waals surface area contributed by atoms with Crippen molar-refractivity contribution in [1.29, 1.82) is 0 Å². The number of imidazole rings is 1. The van der Waals surface area contributed by atoms with Gasteiger partial charge in [-0.05, 0) is 57.5 Å². The number of nitrogens with one attached hydrogen (secondary N) is 1. The van der Waals surface area contributed by atoms with Gasteiger partial charge in [-0.3, -0.25) is 4.90 Å². The number of rotatable bonds is 6. The molecule has 0 radical (unpaired) electrons. The normalized spacial score (nSPS) is 17.1. The largest absolute Gasteiger partial charge is 0.327 e. The molecule has 5 rings (SSSR count). The first kappa shape index (κ1) is 19.2. The highest BCUT2D eigenvalue weighted by Gasteiger charge is 2.28. The van der Waals surface area contributed by atoms with Gasteiger partial charge in [-0.15, -0.1) is 11.3 Å². The van der Waals surface area contributed by atoms with Crippen LogP contribution in [-0.4, -0.2) is 31.0 Å². The molecular weight excluding hydrogens is 392 g/mol. The second-order valence-corrected chi connectivity index (χ2v) is 8.97. The Labute approximate surface area is 180 Å². The van der Waals surface area contributed by atoms with E-state index in [2.05, 4.69) is 70.0 Å². The lowest BCUT2D eigenvalue weighted by atomic mass is 10.1. The number of nitrogens with zero attached hydrogens (tertiary/aromatic N) is 5. The topological polar surface area (TPSA) is 58.9 Å². The number of thiazole rings is 1. The highest BCUT2D eigenvalue weighted by atomic mass is 32.1. The Morgan fingerprint density at radius 3 is 2.87 bits per heavy atom. The van der Waals surface area contributed by atoms with Crippen LogP contribution in [0, 0.1) is 6.92 Å². The molecule has 1 aliphatic heterocycles. The van der Waals surface area contributed by atoms with E-state index in [1.807, 2.05) is 12.3 Å². The molecule has 0 aliphatic carbocycles. The van der Waals surface area contributed by atoms with Crippen LogP contribution in [0.15, 0.2) is 48.7 Å². The molecule has 1 atom stereocenters. The second kappa shape index (κ2) is 8.16. The van der Waals surface area contributed by atoms with Crippen LogP contribution in [0.5, 0.6) is 0 Å². The van der Waals surface area contributed by atoms with Crippen LogP contribution in [0.1, 0.15) is 42.2 Å². The van der Waals surface area contributed by atoms with E-state index in [4.69, 9.17) is 9.97 Å². The van der Waals surface area contributed by atoms with Gasteiger partial charge in [-0.25, -0.2) is 15.0 Å². The van der Waals surface area contributed by atoms with Gasteiger partial charge in [0, 0.05) is 17.6 Å². The first-order chi connectivity index (χ1) is 14.7. The number of hydrogen-bond acceptors (Lipinski definition) is 6. The van der Waals surface area contributed by atoms with Crippen molar-refractivity contribution >= 4 is 33.3 Å². The van der Waals surface area contributed by atoms with Crippen molar-refractivity contribution in [3.63, 3.8) is 0 Å². The number of aromatic nitrogens is 4. The first-order valence-corrected chi connectivity index (χ1v) is 11.4. The fourth-order valence-electron chi connectivity index (χ4n) is 4.36. The van der Waals surface area contributed by atoms with Gasteiger partial charge in [0.05, 0.1) is 29.3 Å². The third kappa shape index (κ3) is 3.70. The number of likely N-dealkylation sites (tertiary alicyclic amines) is 1. The number of benzene rings is 1. The molecular formula is C23H26N6S. The quantitative estimate of drug-likeness (QED) is 0.461. The molecule has 1 fully saturated rings. The van der Waals surface area contributed by atoms with Crippen LogP contribution in [-0.2, 0) is 13.1 Å². The lowest BCUT2D eigenvalue weighted by Gasteiger charge is -2.24. The zero-order valence-electron chi connectivity index (χ0n) is 17.4. The molecule has 1 N–H and O–H groups in total. The molecule has 30 heavy (non-hydrogen) atoms. The minimum Gasteiger partial charge on any atom is -0.327 e. The van der Waals surface area contributed by atoms with Crippen molar-refractivity contribution in [2.75, 3.05) is 11.9 Å². The molecule has 1 saturated heterocycles. The van der Waals surface area contributed by atoms with E-state index in [1.54, 1.807) is 11.3 Å². The van der Waals surface area contributed by atoms with E-state index in [9.17, 15) is 0 Å². The van der Waals surface area contributed by atoms with Crippen LogP contribution in [0.3, 0.4) is 0 Å². The predicted molar refractivity (Wildman–Crippen MR) is 122 cm³/mol. The summed E-state index contributed by atoms with van der Waals surface area (Å²) in [5.74, 6) is 1.99. The van der Waals surface area contributed by atoms with E-state index < -0.39 is 0 Å². The third-order valence-electron chi connectivity index (χ3n) is 5.73. The zero-order valence-corrected chi connectivity index (χ0v) is 18.2. The Kier molecular flexibility index (Phi) is 5.23. The average Bonchev–Trinajstić information content (AvgIpc) is 3.47. The number of para-hydroxylation sites is 2. The summed E-state index contributed by atoms with van der Waals surface area (Å²) in [4.78, 5) is 18.0. The molecule has 1 aliphatic rings. The maximum Gasteiger partial charge on any atom is 0.188 e. The van der Waals surface area contributed by atoms with Gasteiger partial charge in [0.25, 0.3) is 0 Å². The Morgan fingerprint density at radius 2 is 2.03 bits per heavy atom. The minimum absolute atomic E-state index is 0.315. The Hall–Kier alpha value is -2.77. The number of anilines is 2. The Balaban J connectivity index is 1.39. The smallest absolute Gasteiger partial charge is 0.188 e. The van der Waals surface area contributed by atoms with Crippen LogP contribution in [0.4, 0.5) is 10.9 Å². The van der Waals surface area contributed by atoms with Gasteiger partial charge in [0.1, 0.15) is 11.6 Å². The summed E-state index contributed by atoms with van der Waals surface area (Å²) in [6.07, 6.45) is 4.19.